The third-order valence-electron chi connectivity index (χ3n) is 2.94. The molecule has 0 spiro atoms. The molecule has 1 saturated heterocycles. The summed E-state index contributed by atoms with van der Waals surface area (Å²) < 4.78 is 5.51. The number of nitrogens with two attached hydrogens (primary N) is 1. The number of hydrogen-bond acceptors (Lipinski definition) is 2. The lowest BCUT2D eigenvalue weighted by Gasteiger charge is -2.36. The van der Waals surface area contributed by atoms with E-state index in [0.717, 1.165) is 19.6 Å². The predicted octanol–water partition coefficient (Wildman–Crippen LogP) is 1.90. The van der Waals surface area contributed by atoms with Gasteiger partial charge in [0.25, 0.3) is 0 Å². The Morgan fingerprint density at radius 1 is 1.36 bits per heavy atom. The first-order valence-electron chi connectivity index (χ1n) is 5.25. The van der Waals surface area contributed by atoms with Gasteiger partial charge in [-0.05, 0) is 17.5 Å². The van der Waals surface area contributed by atoms with E-state index in [0.29, 0.717) is 5.92 Å². The zero-order chi connectivity index (χ0) is 9.97. The molecule has 1 aliphatic heterocycles. The lowest BCUT2D eigenvalue weighted by atomic mass is 9.91. The van der Waals surface area contributed by atoms with Gasteiger partial charge in [0.05, 0.1) is 12.7 Å². The minimum Gasteiger partial charge on any atom is -0.373 e. The minimum atomic E-state index is 0.242. The van der Waals surface area contributed by atoms with E-state index in [9.17, 15) is 0 Å². The molecule has 1 aromatic rings. The van der Waals surface area contributed by atoms with Crippen molar-refractivity contribution in [2.45, 2.75) is 19.4 Å². The Balaban J connectivity index is 2.09. The molecule has 2 N–H and O–H groups in total. The average Bonchev–Trinajstić information content (AvgIpc) is 2.18. The van der Waals surface area contributed by atoms with Crippen LogP contribution in [0.5, 0.6) is 0 Å². The fourth-order valence-corrected chi connectivity index (χ4v) is 1.83. The minimum absolute atomic E-state index is 0.242. The fraction of sp³-hybridized carbons (Fsp3) is 0.500. The van der Waals surface area contributed by atoms with Gasteiger partial charge in [-0.25, -0.2) is 0 Å². The van der Waals surface area contributed by atoms with Crippen LogP contribution in [-0.2, 0) is 11.2 Å². The molecule has 1 fully saturated rings. The first kappa shape index (κ1) is 9.69. The molecular weight excluding hydrogens is 174 g/mol. The maximum absolute atomic E-state index is 5.64. The second-order valence-corrected chi connectivity index (χ2v) is 3.84. The van der Waals surface area contributed by atoms with E-state index in [-0.39, 0.29) is 6.10 Å². The quantitative estimate of drug-likeness (QED) is 0.792. The zero-order valence-corrected chi connectivity index (χ0v) is 8.57. The van der Waals surface area contributed by atoms with Crippen molar-refractivity contribution in [3.05, 3.63) is 35.4 Å². The summed E-state index contributed by atoms with van der Waals surface area (Å²) in [5, 5.41) is 0. The highest BCUT2D eigenvalue weighted by molar-refractivity contribution is 5.25. The Morgan fingerprint density at radius 2 is 2.07 bits per heavy atom. The largest absolute Gasteiger partial charge is 0.373 e. The smallest absolute Gasteiger partial charge is 0.0887 e. The molecule has 0 saturated carbocycles. The second kappa shape index (κ2) is 4.11. The van der Waals surface area contributed by atoms with Gasteiger partial charge in [-0.3, -0.25) is 0 Å². The third-order valence-corrected chi connectivity index (χ3v) is 2.94. The molecule has 76 valence electrons. The van der Waals surface area contributed by atoms with Gasteiger partial charge in [0.2, 0.25) is 0 Å². The number of aryl methyl sites for hydroxylation is 1. The van der Waals surface area contributed by atoms with Crippen molar-refractivity contribution in [1.29, 1.82) is 0 Å². The standard InChI is InChI=1S/C12H17NO/c1-2-9-3-5-10(6-4-9)12-11(7-13)8-14-12/h3-6,11-12H,2,7-8,13H2,1H3. The lowest BCUT2D eigenvalue weighted by molar-refractivity contribution is -0.113. The zero-order valence-electron chi connectivity index (χ0n) is 8.57. The Kier molecular flexibility index (Phi) is 2.85. The molecule has 2 rings (SSSR count). The topological polar surface area (TPSA) is 35.2 Å². The summed E-state index contributed by atoms with van der Waals surface area (Å²) in [5.41, 5.74) is 8.28. The Hall–Kier alpha value is -0.860. The van der Waals surface area contributed by atoms with Crippen molar-refractivity contribution in [1.82, 2.24) is 0 Å². The summed E-state index contributed by atoms with van der Waals surface area (Å²) in [4.78, 5) is 0. The maximum Gasteiger partial charge on any atom is 0.0887 e. The summed E-state index contributed by atoms with van der Waals surface area (Å²) >= 11 is 0. The van der Waals surface area contributed by atoms with Gasteiger partial charge < -0.3 is 10.5 Å². The van der Waals surface area contributed by atoms with Gasteiger partial charge in [-0.2, -0.15) is 0 Å². The molecule has 2 unspecified atom stereocenters. The third kappa shape index (κ3) is 1.68. The molecular formula is C12H17NO. The molecule has 0 amide bonds. The first-order valence-corrected chi connectivity index (χ1v) is 5.25. The van der Waals surface area contributed by atoms with E-state index in [1.807, 2.05) is 0 Å². The molecule has 14 heavy (non-hydrogen) atoms. The normalized spacial score (nSPS) is 25.9. The van der Waals surface area contributed by atoms with E-state index < -0.39 is 0 Å². The highest BCUT2D eigenvalue weighted by atomic mass is 16.5. The van der Waals surface area contributed by atoms with Crippen molar-refractivity contribution in [3.63, 3.8) is 0 Å². The number of benzene rings is 1. The van der Waals surface area contributed by atoms with E-state index in [1.165, 1.54) is 11.1 Å². The molecule has 2 nitrogen and oxygen atoms in total. The van der Waals surface area contributed by atoms with Crippen LogP contribution in [0.1, 0.15) is 24.2 Å². The maximum atomic E-state index is 5.64. The Labute approximate surface area is 85.1 Å². The average molecular weight is 191 g/mol. The fourth-order valence-electron chi connectivity index (χ4n) is 1.83. The van der Waals surface area contributed by atoms with E-state index in [1.54, 1.807) is 0 Å². The van der Waals surface area contributed by atoms with Gasteiger partial charge in [0.1, 0.15) is 0 Å². The number of hydrogen-bond donors (Lipinski definition) is 1. The van der Waals surface area contributed by atoms with Gasteiger partial charge in [-0.15, -0.1) is 0 Å². The SMILES string of the molecule is CCc1ccc(C2OCC2CN)cc1. The van der Waals surface area contributed by atoms with Gasteiger partial charge >= 0.3 is 0 Å². The monoisotopic (exact) mass is 191 g/mol. The van der Waals surface area contributed by atoms with Crippen molar-refractivity contribution < 1.29 is 4.74 Å². The molecule has 2 atom stereocenters. The summed E-state index contributed by atoms with van der Waals surface area (Å²) in [6.45, 7) is 3.70. The summed E-state index contributed by atoms with van der Waals surface area (Å²) in [7, 11) is 0. The first-order chi connectivity index (χ1) is 6.85. The van der Waals surface area contributed by atoms with Crippen molar-refractivity contribution in [3.8, 4) is 0 Å². The molecule has 0 aliphatic carbocycles. The molecule has 0 radical (unpaired) electrons. The lowest BCUT2D eigenvalue weighted by Crippen LogP contribution is -2.37. The van der Waals surface area contributed by atoms with Crippen LogP contribution in [0.3, 0.4) is 0 Å². The van der Waals surface area contributed by atoms with Gasteiger partial charge in [-0.1, -0.05) is 31.2 Å². The summed E-state index contributed by atoms with van der Waals surface area (Å²) in [5.74, 6) is 0.516. The molecule has 1 aliphatic rings. The van der Waals surface area contributed by atoms with Crippen LogP contribution in [0.15, 0.2) is 24.3 Å². The van der Waals surface area contributed by atoms with Crippen LogP contribution in [-0.4, -0.2) is 13.2 Å². The molecule has 0 aromatic heterocycles. The predicted molar refractivity (Wildman–Crippen MR) is 57.1 cm³/mol. The van der Waals surface area contributed by atoms with Crippen LogP contribution in [0, 0.1) is 5.92 Å². The molecule has 0 bridgehead atoms. The van der Waals surface area contributed by atoms with E-state index in [2.05, 4.69) is 31.2 Å². The van der Waals surface area contributed by atoms with Crippen LogP contribution in [0.4, 0.5) is 0 Å². The van der Waals surface area contributed by atoms with Gasteiger partial charge in [0.15, 0.2) is 0 Å². The van der Waals surface area contributed by atoms with Crippen LogP contribution >= 0.6 is 0 Å². The van der Waals surface area contributed by atoms with Crippen LogP contribution in [0.2, 0.25) is 0 Å². The van der Waals surface area contributed by atoms with Crippen molar-refractivity contribution in [2.75, 3.05) is 13.2 Å². The van der Waals surface area contributed by atoms with Crippen LogP contribution in [0.25, 0.3) is 0 Å². The Bertz CT molecular complexity index is 292. The molecule has 1 heterocycles. The van der Waals surface area contributed by atoms with Crippen molar-refractivity contribution >= 4 is 0 Å². The molecule has 1 aromatic carbocycles. The number of ether oxygens (including phenoxy) is 1. The number of rotatable bonds is 3. The van der Waals surface area contributed by atoms with Gasteiger partial charge in [0, 0.05) is 12.5 Å². The van der Waals surface area contributed by atoms with Crippen molar-refractivity contribution in [2.24, 2.45) is 11.7 Å². The van der Waals surface area contributed by atoms with Crippen LogP contribution < -0.4 is 5.73 Å². The second-order valence-electron chi connectivity index (χ2n) is 3.84. The highest BCUT2D eigenvalue weighted by Gasteiger charge is 2.31. The summed E-state index contributed by atoms with van der Waals surface area (Å²) in [6.07, 6.45) is 1.33. The summed E-state index contributed by atoms with van der Waals surface area (Å²) in [6, 6.07) is 8.66. The van der Waals surface area contributed by atoms with E-state index in [4.69, 9.17) is 10.5 Å². The molecule has 2 heteroatoms. The highest BCUT2D eigenvalue weighted by Crippen LogP contribution is 2.34. The Morgan fingerprint density at radius 3 is 2.50 bits per heavy atom. The van der Waals surface area contributed by atoms with E-state index >= 15 is 0 Å².